The van der Waals surface area contributed by atoms with E-state index < -0.39 is 12.1 Å². The molecular weight excluding hydrogens is 923 g/mol. The van der Waals surface area contributed by atoms with E-state index in [4.69, 9.17) is 4.74 Å². The van der Waals surface area contributed by atoms with E-state index in [9.17, 15) is 19.8 Å². The standard InChI is InChI=1S/C69H133NO5/c1-3-5-7-9-11-13-15-17-19-21-30-33-37-41-45-49-53-57-61-67(72)66(65-71)70-68(73)62-58-54-50-46-42-38-34-31-28-26-24-22-23-25-27-29-32-36-40-44-48-52-56-60-64-75-69(74)63-59-55-51-47-43-39-35-20-18-16-14-12-10-8-6-4-2/h14,16,20,35,66-67,71-72H,3-13,15,17-19,21-34,36-65H2,1-2H3,(H,70,73)/b16-14-,35-20-. The normalized spacial score (nSPS) is 12.6. The number of rotatable bonds is 64. The third-order valence-electron chi connectivity index (χ3n) is 16.0. The monoisotopic (exact) mass is 1060 g/mol. The first-order chi connectivity index (χ1) is 37.0. The van der Waals surface area contributed by atoms with Gasteiger partial charge in [-0.25, -0.2) is 0 Å². The lowest BCUT2D eigenvalue weighted by atomic mass is 10.0. The molecule has 6 heteroatoms. The zero-order chi connectivity index (χ0) is 54.3. The van der Waals surface area contributed by atoms with Crippen molar-refractivity contribution in [3.8, 4) is 0 Å². The number of unbranched alkanes of at least 4 members (excludes halogenated alkanes) is 49. The molecule has 1 amide bonds. The van der Waals surface area contributed by atoms with Gasteiger partial charge in [0.1, 0.15) is 0 Å². The van der Waals surface area contributed by atoms with Crippen LogP contribution in [0, 0.1) is 0 Å². The molecule has 0 fully saturated rings. The molecule has 6 nitrogen and oxygen atoms in total. The molecule has 0 aromatic rings. The summed E-state index contributed by atoms with van der Waals surface area (Å²) in [5.41, 5.74) is 0. The van der Waals surface area contributed by atoms with Crippen molar-refractivity contribution in [2.24, 2.45) is 0 Å². The minimum absolute atomic E-state index is 0.00272. The lowest BCUT2D eigenvalue weighted by Gasteiger charge is -2.22. The Morgan fingerprint density at radius 1 is 0.373 bits per heavy atom. The number of aliphatic hydroxyl groups excluding tert-OH is 2. The van der Waals surface area contributed by atoms with Crippen LogP contribution in [0.2, 0.25) is 0 Å². The van der Waals surface area contributed by atoms with E-state index in [-0.39, 0.29) is 18.5 Å². The van der Waals surface area contributed by atoms with Crippen molar-refractivity contribution in [3.05, 3.63) is 24.3 Å². The van der Waals surface area contributed by atoms with Crippen LogP contribution in [0.15, 0.2) is 24.3 Å². The lowest BCUT2D eigenvalue weighted by Crippen LogP contribution is -2.45. The average molecular weight is 1060 g/mol. The summed E-state index contributed by atoms with van der Waals surface area (Å²) >= 11 is 0. The molecule has 3 N–H and O–H groups in total. The van der Waals surface area contributed by atoms with Crippen molar-refractivity contribution in [1.82, 2.24) is 5.32 Å². The summed E-state index contributed by atoms with van der Waals surface area (Å²) in [7, 11) is 0. The zero-order valence-electron chi connectivity index (χ0n) is 50.8. The SMILES string of the molecule is CCCCCC/C=C\C/C=C\CCCCCCCC(=O)OCCCCCCCCCCCCCCCCCCCCCCCCCCC(=O)NC(CO)C(O)CCCCCCCCCCCCCCCCCCCC. The summed E-state index contributed by atoms with van der Waals surface area (Å²) in [6.45, 7) is 4.96. The van der Waals surface area contributed by atoms with E-state index in [0.29, 0.717) is 25.9 Å². The van der Waals surface area contributed by atoms with Gasteiger partial charge in [0.2, 0.25) is 5.91 Å². The summed E-state index contributed by atoms with van der Waals surface area (Å²) in [5, 5.41) is 23.4. The Labute approximate surface area is 469 Å². The first kappa shape index (κ1) is 73.3. The van der Waals surface area contributed by atoms with Crippen molar-refractivity contribution in [3.63, 3.8) is 0 Å². The van der Waals surface area contributed by atoms with Gasteiger partial charge in [0.05, 0.1) is 25.4 Å². The lowest BCUT2D eigenvalue weighted by molar-refractivity contribution is -0.143. The van der Waals surface area contributed by atoms with Gasteiger partial charge >= 0.3 is 5.97 Å². The van der Waals surface area contributed by atoms with Crippen LogP contribution in [0.5, 0.6) is 0 Å². The Bertz CT molecular complexity index is 1170. The molecule has 0 aliphatic rings. The number of aliphatic hydroxyl groups is 2. The maximum Gasteiger partial charge on any atom is 0.305 e. The number of carbonyl (C=O) groups excluding carboxylic acids is 2. The molecular formula is C69H133NO5. The van der Waals surface area contributed by atoms with E-state index in [0.717, 1.165) is 51.4 Å². The van der Waals surface area contributed by atoms with Gasteiger partial charge in [0.15, 0.2) is 0 Å². The maximum atomic E-state index is 12.5. The van der Waals surface area contributed by atoms with Gasteiger partial charge in [-0.2, -0.15) is 0 Å². The van der Waals surface area contributed by atoms with Crippen LogP contribution in [0.3, 0.4) is 0 Å². The van der Waals surface area contributed by atoms with Gasteiger partial charge in [-0.15, -0.1) is 0 Å². The Kier molecular flexibility index (Phi) is 63.4. The molecule has 0 saturated heterocycles. The maximum absolute atomic E-state index is 12.5. The first-order valence-corrected chi connectivity index (χ1v) is 34.1. The second-order valence-corrected chi connectivity index (χ2v) is 23.5. The van der Waals surface area contributed by atoms with Crippen molar-refractivity contribution in [2.75, 3.05) is 13.2 Å². The predicted molar refractivity (Wildman–Crippen MR) is 329 cm³/mol. The van der Waals surface area contributed by atoms with Crippen LogP contribution in [0.4, 0.5) is 0 Å². The molecule has 0 heterocycles. The fraction of sp³-hybridized carbons (Fsp3) is 0.913. The van der Waals surface area contributed by atoms with Crippen LogP contribution in [-0.4, -0.2) is 47.4 Å². The zero-order valence-corrected chi connectivity index (χ0v) is 50.8. The van der Waals surface area contributed by atoms with Gasteiger partial charge in [-0.3, -0.25) is 9.59 Å². The summed E-state index contributed by atoms with van der Waals surface area (Å²) in [6.07, 6.45) is 80.6. The number of ether oxygens (including phenoxy) is 1. The molecule has 0 rings (SSSR count). The van der Waals surface area contributed by atoms with Crippen molar-refractivity contribution >= 4 is 11.9 Å². The smallest absolute Gasteiger partial charge is 0.305 e. The molecule has 444 valence electrons. The number of hydrogen-bond donors (Lipinski definition) is 3. The highest BCUT2D eigenvalue weighted by Crippen LogP contribution is 2.19. The van der Waals surface area contributed by atoms with Crippen LogP contribution in [-0.2, 0) is 14.3 Å². The number of hydrogen-bond acceptors (Lipinski definition) is 5. The number of allylic oxidation sites excluding steroid dienone is 4. The average Bonchev–Trinajstić information content (AvgIpc) is 3.41. The molecule has 0 radical (unpaired) electrons. The van der Waals surface area contributed by atoms with Gasteiger partial charge in [-0.1, -0.05) is 334 Å². The molecule has 0 bridgehead atoms. The van der Waals surface area contributed by atoms with Crippen LogP contribution < -0.4 is 5.32 Å². The Morgan fingerprint density at radius 3 is 1.03 bits per heavy atom. The van der Waals surface area contributed by atoms with Gasteiger partial charge in [-0.05, 0) is 57.8 Å². The van der Waals surface area contributed by atoms with Crippen molar-refractivity contribution in [2.45, 2.75) is 392 Å². The molecule has 0 aliphatic carbocycles. The molecule has 2 atom stereocenters. The third-order valence-corrected chi connectivity index (χ3v) is 16.0. The molecule has 0 aromatic heterocycles. The predicted octanol–water partition coefficient (Wildman–Crippen LogP) is 21.8. The summed E-state index contributed by atoms with van der Waals surface area (Å²) in [4.78, 5) is 24.6. The third kappa shape index (κ3) is 61.4. The summed E-state index contributed by atoms with van der Waals surface area (Å²) in [6, 6.07) is -0.541. The topological polar surface area (TPSA) is 95.9 Å². The van der Waals surface area contributed by atoms with E-state index in [1.54, 1.807) is 0 Å². The van der Waals surface area contributed by atoms with Crippen LogP contribution in [0.25, 0.3) is 0 Å². The number of nitrogens with one attached hydrogen (secondary N) is 1. The van der Waals surface area contributed by atoms with Gasteiger partial charge in [0, 0.05) is 12.8 Å². The molecule has 0 spiro atoms. The number of carbonyl (C=O) groups is 2. The van der Waals surface area contributed by atoms with Gasteiger partial charge < -0.3 is 20.3 Å². The fourth-order valence-electron chi connectivity index (χ4n) is 10.8. The molecule has 0 aliphatic heterocycles. The van der Waals surface area contributed by atoms with Crippen molar-refractivity contribution < 1.29 is 24.5 Å². The highest BCUT2D eigenvalue weighted by atomic mass is 16.5. The first-order valence-electron chi connectivity index (χ1n) is 34.1. The highest BCUT2D eigenvalue weighted by Gasteiger charge is 2.20. The summed E-state index contributed by atoms with van der Waals surface area (Å²) in [5.74, 6) is -0.0277. The summed E-state index contributed by atoms with van der Waals surface area (Å²) < 4.78 is 5.49. The minimum Gasteiger partial charge on any atom is -0.466 e. The second kappa shape index (κ2) is 64.9. The Hall–Kier alpha value is -1.66. The number of amides is 1. The molecule has 0 saturated carbocycles. The van der Waals surface area contributed by atoms with Crippen LogP contribution >= 0.6 is 0 Å². The van der Waals surface area contributed by atoms with E-state index in [1.807, 2.05) is 0 Å². The molecule has 2 unspecified atom stereocenters. The van der Waals surface area contributed by atoms with Gasteiger partial charge in [0.25, 0.3) is 0 Å². The van der Waals surface area contributed by atoms with E-state index in [2.05, 4.69) is 43.5 Å². The highest BCUT2D eigenvalue weighted by molar-refractivity contribution is 5.76. The van der Waals surface area contributed by atoms with E-state index in [1.165, 1.54) is 295 Å². The minimum atomic E-state index is -0.664. The Balaban J connectivity index is 3.37. The Morgan fingerprint density at radius 2 is 0.667 bits per heavy atom. The largest absolute Gasteiger partial charge is 0.466 e. The fourth-order valence-corrected chi connectivity index (χ4v) is 10.8. The van der Waals surface area contributed by atoms with E-state index >= 15 is 0 Å². The second-order valence-electron chi connectivity index (χ2n) is 23.5. The molecule has 75 heavy (non-hydrogen) atoms. The number of esters is 1. The quantitative estimate of drug-likeness (QED) is 0.0320. The van der Waals surface area contributed by atoms with Crippen molar-refractivity contribution in [1.29, 1.82) is 0 Å². The van der Waals surface area contributed by atoms with Crippen LogP contribution in [0.1, 0.15) is 380 Å². The molecule has 0 aromatic carbocycles.